The van der Waals surface area contributed by atoms with E-state index in [1.165, 1.54) is 25.0 Å². The largest absolute Gasteiger partial charge is 0.416 e. The Morgan fingerprint density at radius 3 is 2.12 bits per heavy atom. The maximum atomic E-state index is 12.6. The Morgan fingerprint density at radius 2 is 1.58 bits per heavy atom. The number of hydrogen-bond donors (Lipinski definition) is 1. The molecule has 2 amide bonds. The molecule has 1 aromatic rings. The maximum absolute atomic E-state index is 12.6. The molecule has 1 N–H and O–H groups in total. The van der Waals surface area contributed by atoms with E-state index in [9.17, 15) is 18.0 Å². The number of carbonyl (C=O) groups excluding carboxylic acids is 1. The Labute approximate surface area is 139 Å². The molecule has 1 aliphatic heterocycles. The molecule has 1 aliphatic carbocycles. The number of urea groups is 1. The van der Waals surface area contributed by atoms with E-state index in [0.29, 0.717) is 32.2 Å². The van der Waals surface area contributed by atoms with Gasteiger partial charge in [0.15, 0.2) is 0 Å². The molecule has 3 rings (SSSR count). The third kappa shape index (κ3) is 3.94. The highest BCUT2D eigenvalue weighted by atomic mass is 19.4. The minimum Gasteiger partial charge on any atom is -0.368 e. The molecule has 0 atom stereocenters. The van der Waals surface area contributed by atoms with Crippen molar-refractivity contribution in [3.8, 4) is 0 Å². The zero-order chi connectivity index (χ0) is 17.2. The van der Waals surface area contributed by atoms with Crippen LogP contribution in [0.15, 0.2) is 24.3 Å². The van der Waals surface area contributed by atoms with E-state index in [1.54, 1.807) is 4.90 Å². The van der Waals surface area contributed by atoms with Crippen LogP contribution in [0.4, 0.5) is 23.7 Å². The van der Waals surface area contributed by atoms with E-state index < -0.39 is 11.7 Å². The van der Waals surface area contributed by atoms with Gasteiger partial charge in [0.2, 0.25) is 0 Å². The van der Waals surface area contributed by atoms with Crippen molar-refractivity contribution in [1.29, 1.82) is 0 Å². The molecule has 0 unspecified atom stereocenters. The van der Waals surface area contributed by atoms with E-state index in [2.05, 4.69) is 5.32 Å². The highest BCUT2D eigenvalue weighted by Gasteiger charge is 2.30. The van der Waals surface area contributed by atoms with Crippen molar-refractivity contribution in [2.75, 3.05) is 31.1 Å². The van der Waals surface area contributed by atoms with Crippen LogP contribution in [0.3, 0.4) is 0 Å². The molecule has 2 fully saturated rings. The summed E-state index contributed by atoms with van der Waals surface area (Å²) in [4.78, 5) is 16.0. The first-order valence-electron chi connectivity index (χ1n) is 8.41. The summed E-state index contributed by atoms with van der Waals surface area (Å²) in [7, 11) is 0. The SMILES string of the molecule is O=C(NC1CCCC1)N1CCN(c2ccc(C(F)(F)F)cc2)CC1. The molecule has 0 bridgehead atoms. The number of carbonyl (C=O) groups is 1. The number of rotatable bonds is 2. The number of nitrogens with one attached hydrogen (secondary N) is 1. The molecule has 0 aromatic heterocycles. The van der Waals surface area contributed by atoms with Crippen LogP contribution in [-0.2, 0) is 6.18 Å². The first-order chi connectivity index (χ1) is 11.4. The normalized spacial score (nSPS) is 19.6. The van der Waals surface area contributed by atoms with Gasteiger partial charge in [-0.15, -0.1) is 0 Å². The molecule has 4 nitrogen and oxygen atoms in total. The third-order valence-electron chi connectivity index (χ3n) is 4.81. The summed E-state index contributed by atoms with van der Waals surface area (Å²) in [5.41, 5.74) is 0.125. The summed E-state index contributed by atoms with van der Waals surface area (Å²) in [5.74, 6) is 0. The Bertz CT molecular complexity index is 559. The number of hydrogen-bond acceptors (Lipinski definition) is 2. The van der Waals surface area contributed by atoms with Crippen LogP contribution in [0.25, 0.3) is 0 Å². The lowest BCUT2D eigenvalue weighted by Gasteiger charge is -2.36. The van der Waals surface area contributed by atoms with Crippen molar-refractivity contribution in [3.63, 3.8) is 0 Å². The summed E-state index contributed by atoms with van der Waals surface area (Å²) in [6.07, 6.45) is 0.142. The van der Waals surface area contributed by atoms with Gasteiger partial charge in [0.25, 0.3) is 0 Å². The monoisotopic (exact) mass is 341 g/mol. The minimum atomic E-state index is -4.31. The Hall–Kier alpha value is -1.92. The first-order valence-corrected chi connectivity index (χ1v) is 8.41. The van der Waals surface area contributed by atoms with Gasteiger partial charge in [0.05, 0.1) is 5.56 Å². The molecular formula is C17H22F3N3O. The minimum absolute atomic E-state index is 0.0195. The van der Waals surface area contributed by atoms with Crippen molar-refractivity contribution >= 4 is 11.7 Å². The average molecular weight is 341 g/mol. The zero-order valence-corrected chi connectivity index (χ0v) is 13.5. The first kappa shape index (κ1) is 16.9. The van der Waals surface area contributed by atoms with E-state index in [4.69, 9.17) is 0 Å². The van der Waals surface area contributed by atoms with Gasteiger partial charge in [-0.3, -0.25) is 0 Å². The predicted octanol–water partition coefficient (Wildman–Crippen LogP) is 3.48. The number of benzene rings is 1. The number of anilines is 1. The van der Waals surface area contributed by atoms with Crippen molar-refractivity contribution < 1.29 is 18.0 Å². The summed E-state index contributed by atoms with van der Waals surface area (Å²) in [6.45, 7) is 2.42. The molecule has 24 heavy (non-hydrogen) atoms. The van der Waals surface area contributed by atoms with E-state index >= 15 is 0 Å². The van der Waals surface area contributed by atoms with E-state index in [-0.39, 0.29) is 6.03 Å². The second-order valence-electron chi connectivity index (χ2n) is 6.45. The van der Waals surface area contributed by atoms with Crippen LogP contribution in [0.2, 0.25) is 0 Å². The van der Waals surface area contributed by atoms with Gasteiger partial charge in [0, 0.05) is 37.9 Å². The number of nitrogens with zero attached hydrogens (tertiary/aromatic N) is 2. The van der Waals surface area contributed by atoms with Crippen LogP contribution < -0.4 is 10.2 Å². The van der Waals surface area contributed by atoms with Crippen LogP contribution in [-0.4, -0.2) is 43.2 Å². The molecule has 2 aliphatic rings. The van der Waals surface area contributed by atoms with Gasteiger partial charge in [-0.1, -0.05) is 12.8 Å². The number of piperazine rings is 1. The fourth-order valence-corrected chi connectivity index (χ4v) is 3.37. The van der Waals surface area contributed by atoms with Crippen LogP contribution in [0.5, 0.6) is 0 Å². The van der Waals surface area contributed by atoms with Crippen molar-refractivity contribution in [2.45, 2.75) is 37.9 Å². The molecule has 0 spiro atoms. The highest BCUT2D eigenvalue weighted by molar-refractivity contribution is 5.75. The lowest BCUT2D eigenvalue weighted by atomic mass is 10.1. The predicted molar refractivity (Wildman–Crippen MR) is 86.0 cm³/mol. The molecule has 0 radical (unpaired) electrons. The maximum Gasteiger partial charge on any atom is 0.416 e. The van der Waals surface area contributed by atoms with Crippen LogP contribution in [0.1, 0.15) is 31.2 Å². The van der Waals surface area contributed by atoms with Gasteiger partial charge >= 0.3 is 12.2 Å². The van der Waals surface area contributed by atoms with E-state index in [0.717, 1.165) is 30.7 Å². The summed E-state index contributed by atoms with van der Waals surface area (Å²) in [5, 5.41) is 3.07. The molecule has 1 saturated heterocycles. The molecule has 1 aromatic carbocycles. The van der Waals surface area contributed by atoms with Gasteiger partial charge in [-0.25, -0.2) is 4.79 Å². The van der Waals surface area contributed by atoms with E-state index in [1.807, 2.05) is 4.90 Å². The quantitative estimate of drug-likeness (QED) is 0.894. The van der Waals surface area contributed by atoms with Gasteiger partial charge < -0.3 is 15.1 Å². The van der Waals surface area contributed by atoms with Crippen molar-refractivity contribution in [1.82, 2.24) is 10.2 Å². The van der Waals surface area contributed by atoms with Gasteiger partial charge in [-0.05, 0) is 37.1 Å². The Kier molecular flexibility index (Phi) is 4.87. The third-order valence-corrected chi connectivity index (χ3v) is 4.81. The lowest BCUT2D eigenvalue weighted by molar-refractivity contribution is -0.137. The highest BCUT2D eigenvalue weighted by Crippen LogP contribution is 2.30. The second-order valence-corrected chi connectivity index (χ2v) is 6.45. The number of amides is 2. The number of halogens is 3. The summed E-state index contributed by atoms with van der Waals surface area (Å²) < 4.78 is 37.8. The smallest absolute Gasteiger partial charge is 0.368 e. The molecule has 132 valence electrons. The molecule has 1 heterocycles. The zero-order valence-electron chi connectivity index (χ0n) is 13.5. The summed E-state index contributed by atoms with van der Waals surface area (Å²) in [6, 6.07) is 5.48. The lowest BCUT2D eigenvalue weighted by Crippen LogP contribution is -2.53. The Morgan fingerprint density at radius 1 is 1.00 bits per heavy atom. The molecular weight excluding hydrogens is 319 g/mol. The Balaban J connectivity index is 1.52. The molecule has 7 heteroatoms. The number of alkyl halides is 3. The topological polar surface area (TPSA) is 35.6 Å². The van der Waals surface area contributed by atoms with Gasteiger partial charge in [-0.2, -0.15) is 13.2 Å². The average Bonchev–Trinajstić information content (AvgIpc) is 3.07. The fourth-order valence-electron chi connectivity index (χ4n) is 3.37. The summed E-state index contributed by atoms with van der Waals surface area (Å²) >= 11 is 0. The van der Waals surface area contributed by atoms with Crippen molar-refractivity contribution in [3.05, 3.63) is 29.8 Å². The van der Waals surface area contributed by atoms with Gasteiger partial charge in [0.1, 0.15) is 0 Å². The standard InChI is InChI=1S/C17H22F3N3O/c18-17(19,20)13-5-7-15(8-6-13)22-9-11-23(12-10-22)16(24)21-14-3-1-2-4-14/h5-8,14H,1-4,9-12H2,(H,21,24). The van der Waals surface area contributed by atoms with Crippen LogP contribution in [0, 0.1) is 0 Å². The second kappa shape index (κ2) is 6.91. The van der Waals surface area contributed by atoms with Crippen molar-refractivity contribution in [2.24, 2.45) is 0 Å². The van der Waals surface area contributed by atoms with Crippen LogP contribution >= 0.6 is 0 Å². The fraction of sp³-hybridized carbons (Fsp3) is 0.588. The molecule has 1 saturated carbocycles.